The van der Waals surface area contributed by atoms with Crippen molar-refractivity contribution in [3.63, 3.8) is 0 Å². The molecule has 0 aromatic rings. The maximum atomic E-state index is 8.78. The molecule has 0 aromatic heterocycles. The van der Waals surface area contributed by atoms with Crippen LogP contribution in [0.15, 0.2) is 0 Å². The molecule has 4 nitrogen and oxygen atoms in total. The van der Waals surface area contributed by atoms with Crippen LogP contribution in [0, 0.1) is 5.41 Å². The van der Waals surface area contributed by atoms with Crippen LogP contribution in [0.3, 0.4) is 0 Å². The summed E-state index contributed by atoms with van der Waals surface area (Å²) in [6.07, 6.45) is 1.39. The Morgan fingerprint density at radius 1 is 1.33 bits per heavy atom. The Balaban J connectivity index is 0.000000423. The molecule has 0 bridgehead atoms. The first-order valence-electron chi connectivity index (χ1n) is 5.31. The van der Waals surface area contributed by atoms with Crippen LogP contribution in [0.4, 0.5) is 4.79 Å². The fourth-order valence-corrected chi connectivity index (χ4v) is 1.86. The second-order valence-corrected chi connectivity index (χ2v) is 5.31. The number of rotatable bonds is 0. The van der Waals surface area contributed by atoms with Gasteiger partial charge in [-0.05, 0) is 45.7 Å². The highest BCUT2D eigenvalue weighted by atomic mass is 16.4. The molecule has 1 saturated heterocycles. The van der Waals surface area contributed by atoms with Crippen LogP contribution in [0.1, 0.15) is 40.5 Å². The molecule has 0 aliphatic carbocycles. The minimum atomic E-state index is -1.33. The molecule has 0 aromatic carbocycles. The Morgan fingerprint density at radius 2 is 1.73 bits per heavy atom. The Hall–Kier alpha value is -0.770. The van der Waals surface area contributed by atoms with Crippen molar-refractivity contribution in [3.8, 4) is 0 Å². The largest absolute Gasteiger partial charge is 0.465 e. The van der Waals surface area contributed by atoms with Crippen molar-refractivity contribution in [1.82, 2.24) is 4.90 Å². The number of nitrogens with two attached hydrogens (primary N) is 1. The molecule has 0 saturated carbocycles. The molecule has 1 fully saturated rings. The lowest BCUT2D eigenvalue weighted by atomic mass is 9.68. The predicted octanol–water partition coefficient (Wildman–Crippen LogP) is 2.14. The van der Waals surface area contributed by atoms with E-state index in [1.165, 1.54) is 19.4 Å². The molecule has 0 spiro atoms. The van der Waals surface area contributed by atoms with Gasteiger partial charge in [-0.2, -0.15) is 0 Å². The molecular weight excluding hydrogens is 192 g/mol. The minimum Gasteiger partial charge on any atom is -0.465 e. The number of piperidine rings is 1. The summed E-state index contributed by atoms with van der Waals surface area (Å²) >= 11 is 0. The Morgan fingerprint density at radius 3 is 2.00 bits per heavy atom. The molecule has 0 atom stereocenters. The topological polar surface area (TPSA) is 66.6 Å². The third-order valence-corrected chi connectivity index (χ3v) is 3.91. The van der Waals surface area contributed by atoms with Crippen LogP contribution in [0.5, 0.6) is 0 Å². The Labute approximate surface area is 92.4 Å². The molecule has 15 heavy (non-hydrogen) atoms. The van der Waals surface area contributed by atoms with Crippen molar-refractivity contribution in [3.05, 3.63) is 0 Å². The lowest BCUT2D eigenvalue weighted by Crippen LogP contribution is -2.55. The third-order valence-electron chi connectivity index (χ3n) is 3.91. The summed E-state index contributed by atoms with van der Waals surface area (Å²) in [7, 11) is 2.24. The number of nitrogens with zero attached hydrogens (tertiary/aromatic N) is 1. The number of hydrogen-bond acceptors (Lipinski definition) is 2. The molecule has 0 radical (unpaired) electrons. The number of hydrogen-bond donors (Lipinski definition) is 2. The van der Waals surface area contributed by atoms with E-state index in [0.29, 0.717) is 11.0 Å². The zero-order valence-electron chi connectivity index (χ0n) is 10.5. The molecule has 0 unspecified atom stereocenters. The minimum absolute atomic E-state index is 0.366. The lowest BCUT2D eigenvalue weighted by Gasteiger charge is -2.52. The fraction of sp³-hybridized carbons (Fsp3) is 0.909. The van der Waals surface area contributed by atoms with Gasteiger partial charge in [0.2, 0.25) is 0 Å². The quantitative estimate of drug-likeness (QED) is 0.652. The van der Waals surface area contributed by atoms with Crippen molar-refractivity contribution >= 4 is 6.09 Å². The smallest absolute Gasteiger partial charge is 0.402 e. The van der Waals surface area contributed by atoms with Crippen LogP contribution < -0.4 is 5.73 Å². The highest BCUT2D eigenvalue weighted by Crippen LogP contribution is 2.42. The number of likely N-dealkylation sites (tertiary alicyclic amines) is 1. The van der Waals surface area contributed by atoms with Crippen molar-refractivity contribution in [1.29, 1.82) is 0 Å². The van der Waals surface area contributed by atoms with Crippen LogP contribution in [0.25, 0.3) is 0 Å². The average molecular weight is 216 g/mol. The number of primary amides is 1. The standard InChI is InChI=1S/C10H21N.CH3NO2/c1-9(2)7-6-8-11(5)10(9,3)4;2-1(3)4/h6-8H2,1-5H3;2H2,(H,3,4). The summed E-state index contributed by atoms with van der Waals surface area (Å²) in [5.41, 5.74) is 4.87. The van der Waals surface area contributed by atoms with Gasteiger partial charge >= 0.3 is 6.09 Å². The number of carbonyl (C=O) groups is 1. The Kier molecular flexibility index (Phi) is 4.59. The van der Waals surface area contributed by atoms with Crippen molar-refractivity contribution in [2.24, 2.45) is 11.1 Å². The monoisotopic (exact) mass is 216 g/mol. The van der Waals surface area contributed by atoms with Crippen molar-refractivity contribution in [2.75, 3.05) is 13.6 Å². The van der Waals surface area contributed by atoms with E-state index in [1.54, 1.807) is 0 Å². The molecule has 1 aliphatic heterocycles. The van der Waals surface area contributed by atoms with Gasteiger partial charge < -0.3 is 15.7 Å². The van der Waals surface area contributed by atoms with Gasteiger partial charge in [0.15, 0.2) is 0 Å². The van der Waals surface area contributed by atoms with Gasteiger partial charge in [0.25, 0.3) is 0 Å². The normalized spacial score (nSPS) is 23.8. The van der Waals surface area contributed by atoms with E-state index in [0.717, 1.165) is 0 Å². The number of carboxylic acid groups (broad SMARTS) is 1. The maximum Gasteiger partial charge on any atom is 0.402 e. The first-order chi connectivity index (χ1) is 6.61. The molecule has 1 rings (SSSR count). The molecular formula is C11H24N2O2. The summed E-state index contributed by atoms with van der Waals surface area (Å²) in [5.74, 6) is 0. The van der Waals surface area contributed by atoms with Gasteiger partial charge in [0, 0.05) is 5.54 Å². The van der Waals surface area contributed by atoms with Crippen LogP contribution in [-0.4, -0.2) is 35.2 Å². The molecule has 4 heteroatoms. The number of amides is 1. The van der Waals surface area contributed by atoms with Crippen LogP contribution >= 0.6 is 0 Å². The summed E-state index contributed by atoms with van der Waals surface area (Å²) < 4.78 is 0. The van der Waals surface area contributed by atoms with Gasteiger partial charge in [0.05, 0.1) is 0 Å². The summed E-state index contributed by atoms with van der Waals surface area (Å²) in [6.45, 7) is 10.7. The summed E-state index contributed by atoms with van der Waals surface area (Å²) in [6, 6.07) is 0. The lowest BCUT2D eigenvalue weighted by molar-refractivity contribution is -0.0121. The van der Waals surface area contributed by atoms with Crippen LogP contribution in [0.2, 0.25) is 0 Å². The van der Waals surface area contributed by atoms with E-state index in [2.05, 4.69) is 45.4 Å². The second-order valence-electron chi connectivity index (χ2n) is 5.31. The van der Waals surface area contributed by atoms with E-state index < -0.39 is 6.09 Å². The van der Waals surface area contributed by atoms with Crippen molar-refractivity contribution in [2.45, 2.75) is 46.1 Å². The highest BCUT2D eigenvalue weighted by Gasteiger charge is 2.42. The van der Waals surface area contributed by atoms with Gasteiger partial charge in [-0.3, -0.25) is 0 Å². The van der Waals surface area contributed by atoms with E-state index in [9.17, 15) is 0 Å². The van der Waals surface area contributed by atoms with E-state index in [1.807, 2.05) is 0 Å². The first-order valence-corrected chi connectivity index (χ1v) is 5.31. The average Bonchev–Trinajstić information content (AvgIpc) is 1.99. The van der Waals surface area contributed by atoms with Gasteiger partial charge in [-0.25, -0.2) is 4.79 Å². The second kappa shape index (κ2) is 4.84. The van der Waals surface area contributed by atoms with Gasteiger partial charge in [0.1, 0.15) is 0 Å². The van der Waals surface area contributed by atoms with Gasteiger partial charge in [-0.1, -0.05) is 13.8 Å². The summed E-state index contributed by atoms with van der Waals surface area (Å²) in [5, 5.41) is 7.19. The molecule has 1 amide bonds. The van der Waals surface area contributed by atoms with E-state index >= 15 is 0 Å². The van der Waals surface area contributed by atoms with Crippen molar-refractivity contribution < 1.29 is 9.90 Å². The highest BCUT2D eigenvalue weighted by molar-refractivity contribution is 5.61. The molecule has 1 aliphatic rings. The Bertz CT molecular complexity index is 221. The van der Waals surface area contributed by atoms with Crippen LogP contribution in [-0.2, 0) is 0 Å². The zero-order valence-corrected chi connectivity index (χ0v) is 10.5. The van der Waals surface area contributed by atoms with E-state index in [-0.39, 0.29) is 0 Å². The van der Waals surface area contributed by atoms with Gasteiger partial charge in [-0.15, -0.1) is 0 Å². The van der Waals surface area contributed by atoms with E-state index in [4.69, 9.17) is 9.90 Å². The SMILES string of the molecule is CN1CCCC(C)(C)C1(C)C.NC(=O)O. The predicted molar refractivity (Wildman–Crippen MR) is 61.9 cm³/mol. The first kappa shape index (κ1) is 14.2. The summed E-state index contributed by atoms with van der Waals surface area (Å²) in [4.78, 5) is 11.3. The zero-order chi connectivity index (χ0) is 12.3. The maximum absolute atomic E-state index is 8.78. The molecule has 1 heterocycles. The molecule has 90 valence electrons. The fourth-order valence-electron chi connectivity index (χ4n) is 1.86. The third kappa shape index (κ3) is 3.70. The molecule has 3 N–H and O–H groups in total.